The molecular formula is C70H136O17P2. The van der Waals surface area contributed by atoms with E-state index in [-0.39, 0.29) is 25.7 Å². The van der Waals surface area contributed by atoms with Crippen LogP contribution in [0.1, 0.15) is 344 Å². The molecule has 0 saturated heterocycles. The zero-order chi connectivity index (χ0) is 66.1. The number of phosphoric acid groups is 2. The van der Waals surface area contributed by atoms with E-state index < -0.39 is 97.5 Å². The highest BCUT2D eigenvalue weighted by Crippen LogP contribution is 2.45. The smallest absolute Gasteiger partial charge is 0.462 e. The molecule has 0 amide bonds. The van der Waals surface area contributed by atoms with Crippen molar-refractivity contribution in [1.29, 1.82) is 0 Å². The van der Waals surface area contributed by atoms with E-state index in [9.17, 15) is 43.2 Å². The summed E-state index contributed by atoms with van der Waals surface area (Å²) in [4.78, 5) is 72.5. The lowest BCUT2D eigenvalue weighted by Gasteiger charge is -2.21. The summed E-state index contributed by atoms with van der Waals surface area (Å²) in [5, 5.41) is 10.6. The van der Waals surface area contributed by atoms with E-state index in [2.05, 4.69) is 55.4 Å². The number of carbonyl (C=O) groups is 4. The molecule has 3 N–H and O–H groups in total. The summed E-state index contributed by atoms with van der Waals surface area (Å²) in [5.41, 5.74) is 0. The van der Waals surface area contributed by atoms with Crippen molar-refractivity contribution in [3.8, 4) is 0 Å². The van der Waals surface area contributed by atoms with Gasteiger partial charge >= 0.3 is 39.5 Å². The molecule has 6 atom stereocenters. The molecule has 0 aliphatic heterocycles. The first kappa shape index (κ1) is 87.1. The fraction of sp³-hybridized carbons (Fsp3) is 0.943. The summed E-state index contributed by atoms with van der Waals surface area (Å²) >= 11 is 0. The predicted molar refractivity (Wildman–Crippen MR) is 358 cm³/mol. The van der Waals surface area contributed by atoms with Gasteiger partial charge in [0.1, 0.15) is 19.3 Å². The Morgan fingerprint density at radius 3 is 0.798 bits per heavy atom. The average molecular weight is 1310 g/mol. The number of phosphoric ester groups is 2. The predicted octanol–water partition coefficient (Wildman–Crippen LogP) is 19.7. The molecule has 0 fully saturated rings. The van der Waals surface area contributed by atoms with Crippen molar-refractivity contribution in [2.75, 3.05) is 39.6 Å². The average Bonchev–Trinajstić information content (AvgIpc) is 3.70. The molecule has 0 spiro atoms. The number of aliphatic hydroxyl groups excluding tert-OH is 1. The minimum Gasteiger partial charge on any atom is -0.462 e. The van der Waals surface area contributed by atoms with Crippen LogP contribution in [0.2, 0.25) is 0 Å². The normalized spacial score (nSPS) is 14.6. The number of ether oxygens (including phenoxy) is 4. The van der Waals surface area contributed by atoms with Crippen LogP contribution in [0, 0.1) is 23.7 Å². The first-order valence-corrected chi connectivity index (χ1v) is 39.2. The van der Waals surface area contributed by atoms with Crippen LogP contribution in [0.25, 0.3) is 0 Å². The number of esters is 4. The fourth-order valence-corrected chi connectivity index (χ4v) is 12.0. The second kappa shape index (κ2) is 59.8. The van der Waals surface area contributed by atoms with Crippen molar-refractivity contribution in [3.05, 3.63) is 0 Å². The highest BCUT2D eigenvalue weighted by atomic mass is 31.2. The minimum absolute atomic E-state index is 0.103. The molecule has 19 heteroatoms. The Kier molecular flexibility index (Phi) is 58.5. The maximum Gasteiger partial charge on any atom is 0.472 e. The van der Waals surface area contributed by atoms with Gasteiger partial charge in [0.15, 0.2) is 12.2 Å². The van der Waals surface area contributed by atoms with E-state index in [0.717, 1.165) is 114 Å². The first-order chi connectivity index (χ1) is 42.6. The Morgan fingerprint density at radius 2 is 0.539 bits per heavy atom. The number of aliphatic hydroxyl groups is 1. The lowest BCUT2D eigenvalue weighted by molar-refractivity contribution is -0.161. The summed E-state index contributed by atoms with van der Waals surface area (Å²) in [6, 6.07) is 0. The molecular weight excluding hydrogens is 1170 g/mol. The van der Waals surface area contributed by atoms with Crippen molar-refractivity contribution in [3.63, 3.8) is 0 Å². The maximum absolute atomic E-state index is 13.0. The van der Waals surface area contributed by atoms with Gasteiger partial charge in [-0.1, -0.05) is 293 Å². The van der Waals surface area contributed by atoms with Gasteiger partial charge in [0.05, 0.1) is 26.4 Å². The standard InChI is InChI=1S/C70H136O17P2/c1-9-63(8)49-41-33-24-16-14-12-10-11-13-15-17-26-36-44-52-69(74)86-65(56-80-67(72)50-42-34-25-20-18-22-30-38-46-60(2)3)58-84-88(76,77)82-54-64(71)55-83-89(78,79)85-59-66(57-81-68(73)51-43-35-29-28-32-40-48-62(6)7)87-70(75)53-45-37-27-21-19-23-31-39-47-61(4)5/h60-66,71H,9-59H2,1-8H3,(H,76,77)(H,78,79)/t63?,64-,65-,66-/m1/s1. The summed E-state index contributed by atoms with van der Waals surface area (Å²) < 4.78 is 68.2. The molecule has 0 heterocycles. The van der Waals surface area contributed by atoms with Crippen LogP contribution in [-0.4, -0.2) is 96.7 Å². The highest BCUT2D eigenvalue weighted by Gasteiger charge is 2.30. The molecule has 0 aromatic rings. The van der Waals surface area contributed by atoms with Crippen LogP contribution in [0.5, 0.6) is 0 Å². The number of hydrogen-bond acceptors (Lipinski definition) is 15. The number of carbonyl (C=O) groups excluding carboxylic acids is 4. The summed E-state index contributed by atoms with van der Waals surface area (Å²) in [7, 11) is -9.90. The van der Waals surface area contributed by atoms with Gasteiger partial charge in [-0.05, 0) is 49.4 Å². The molecule has 17 nitrogen and oxygen atoms in total. The van der Waals surface area contributed by atoms with Crippen LogP contribution in [0.3, 0.4) is 0 Å². The molecule has 0 aromatic heterocycles. The van der Waals surface area contributed by atoms with Crippen molar-refractivity contribution >= 4 is 39.5 Å². The summed E-state index contributed by atoms with van der Waals surface area (Å²) in [6.45, 7) is 14.0. The molecule has 0 aromatic carbocycles. The highest BCUT2D eigenvalue weighted by molar-refractivity contribution is 7.47. The van der Waals surface area contributed by atoms with Crippen molar-refractivity contribution in [2.45, 2.75) is 363 Å². The molecule has 0 bridgehead atoms. The van der Waals surface area contributed by atoms with Crippen molar-refractivity contribution in [1.82, 2.24) is 0 Å². The lowest BCUT2D eigenvalue weighted by Crippen LogP contribution is -2.30. The minimum atomic E-state index is -4.95. The first-order valence-electron chi connectivity index (χ1n) is 36.2. The molecule has 3 unspecified atom stereocenters. The molecule has 0 aliphatic rings. The fourth-order valence-electron chi connectivity index (χ4n) is 10.5. The van der Waals surface area contributed by atoms with Crippen LogP contribution in [0.15, 0.2) is 0 Å². The van der Waals surface area contributed by atoms with Gasteiger partial charge < -0.3 is 33.8 Å². The summed E-state index contributed by atoms with van der Waals surface area (Å²) in [6.07, 6.45) is 41.9. The largest absolute Gasteiger partial charge is 0.472 e. The third-order valence-electron chi connectivity index (χ3n) is 16.4. The van der Waals surface area contributed by atoms with E-state index >= 15 is 0 Å². The zero-order valence-electron chi connectivity index (χ0n) is 58.1. The Balaban J connectivity index is 5.22. The van der Waals surface area contributed by atoms with Gasteiger partial charge in [0.25, 0.3) is 0 Å². The van der Waals surface area contributed by atoms with Gasteiger partial charge in [-0.25, -0.2) is 9.13 Å². The van der Waals surface area contributed by atoms with E-state index in [0.29, 0.717) is 31.6 Å². The molecule has 528 valence electrons. The zero-order valence-corrected chi connectivity index (χ0v) is 59.8. The molecule has 89 heavy (non-hydrogen) atoms. The maximum atomic E-state index is 13.0. The van der Waals surface area contributed by atoms with E-state index in [1.807, 2.05) is 0 Å². The van der Waals surface area contributed by atoms with E-state index in [1.54, 1.807) is 0 Å². The monoisotopic (exact) mass is 1310 g/mol. The molecule has 0 saturated carbocycles. The molecule has 0 aliphatic carbocycles. The number of hydrogen-bond donors (Lipinski definition) is 3. The van der Waals surface area contributed by atoms with Crippen LogP contribution < -0.4 is 0 Å². The Bertz CT molecular complexity index is 1770. The quantitative estimate of drug-likeness (QED) is 0.0222. The Hall–Kier alpha value is -1.94. The topological polar surface area (TPSA) is 237 Å². The second-order valence-corrected chi connectivity index (χ2v) is 29.8. The van der Waals surface area contributed by atoms with Gasteiger partial charge in [-0.3, -0.25) is 37.3 Å². The van der Waals surface area contributed by atoms with Crippen LogP contribution in [-0.2, 0) is 65.4 Å². The molecule has 0 rings (SSSR count). The van der Waals surface area contributed by atoms with E-state index in [4.69, 9.17) is 37.0 Å². The van der Waals surface area contributed by atoms with E-state index in [1.165, 1.54) is 141 Å². The van der Waals surface area contributed by atoms with Crippen LogP contribution in [0.4, 0.5) is 0 Å². The van der Waals surface area contributed by atoms with Gasteiger partial charge in [-0.2, -0.15) is 0 Å². The Morgan fingerprint density at radius 1 is 0.315 bits per heavy atom. The SMILES string of the molecule is CCC(C)CCCCCCCCCCCCCCCCC(=O)O[C@H](COC(=O)CCCCCCCCCCC(C)C)COP(=O)(O)OC[C@@H](O)COP(=O)(O)OC[C@@H](COC(=O)CCCCCCCCC(C)C)OC(=O)CCCCCCCCCCC(C)C. The summed E-state index contributed by atoms with van der Waals surface area (Å²) in [5.74, 6) is 0.837. The van der Waals surface area contributed by atoms with Gasteiger partial charge in [0.2, 0.25) is 0 Å². The van der Waals surface area contributed by atoms with Crippen molar-refractivity contribution in [2.24, 2.45) is 23.7 Å². The third-order valence-corrected chi connectivity index (χ3v) is 18.3. The van der Waals surface area contributed by atoms with Gasteiger partial charge in [-0.15, -0.1) is 0 Å². The second-order valence-electron chi connectivity index (χ2n) is 26.9. The van der Waals surface area contributed by atoms with Gasteiger partial charge in [0, 0.05) is 25.7 Å². The number of unbranched alkanes of at least 4 members (excludes halogenated alkanes) is 32. The van der Waals surface area contributed by atoms with Crippen LogP contribution >= 0.6 is 15.6 Å². The molecule has 0 radical (unpaired) electrons. The Labute approximate surface area is 543 Å². The third kappa shape index (κ3) is 63.2. The number of rotatable bonds is 67. The lowest BCUT2D eigenvalue weighted by atomic mass is 9.99. The van der Waals surface area contributed by atoms with Crippen molar-refractivity contribution < 1.29 is 80.2 Å².